The lowest BCUT2D eigenvalue weighted by Crippen LogP contribution is -2.14. The number of carbonyl (C=O) groups is 1. The fourth-order valence-corrected chi connectivity index (χ4v) is 1.51. The highest BCUT2D eigenvalue weighted by molar-refractivity contribution is 5.81. The molecule has 1 aromatic rings. The molecule has 0 aliphatic rings. The van der Waals surface area contributed by atoms with Crippen molar-refractivity contribution >= 4 is 12.0 Å². The van der Waals surface area contributed by atoms with Gasteiger partial charge in [0.2, 0.25) is 0 Å². The molecule has 0 amide bonds. The Kier molecular flexibility index (Phi) is 12.5. The first-order valence-corrected chi connectivity index (χ1v) is 7.64. The molecule has 0 unspecified atom stereocenters. The van der Waals surface area contributed by atoms with Crippen molar-refractivity contribution in [2.24, 2.45) is 11.8 Å². The lowest BCUT2D eigenvalue weighted by Gasteiger charge is -2.13. The van der Waals surface area contributed by atoms with Crippen LogP contribution in [0.15, 0.2) is 48.6 Å². The highest BCUT2D eigenvalue weighted by atomic mass is 16.7. The Morgan fingerprint density at radius 1 is 1.35 bits per heavy atom. The van der Waals surface area contributed by atoms with Gasteiger partial charge in [-0.3, -0.25) is 0 Å². The lowest BCUT2D eigenvalue weighted by molar-refractivity contribution is -0.138. The number of benzene rings is 1. The molecule has 5 nitrogen and oxygen atoms in total. The van der Waals surface area contributed by atoms with Gasteiger partial charge in [0.1, 0.15) is 0 Å². The van der Waals surface area contributed by atoms with Crippen molar-refractivity contribution in [3.8, 4) is 0 Å². The third kappa shape index (κ3) is 11.3. The Morgan fingerprint density at radius 3 is 2.48 bits per heavy atom. The van der Waals surface area contributed by atoms with E-state index in [1.165, 1.54) is 6.08 Å². The molecule has 0 aromatic heterocycles. The number of aliphatic hydroxyl groups excluding tert-OH is 2. The van der Waals surface area contributed by atoms with Crippen LogP contribution < -0.4 is 5.90 Å². The van der Waals surface area contributed by atoms with Crippen LogP contribution in [-0.4, -0.2) is 28.9 Å². The van der Waals surface area contributed by atoms with E-state index in [1.807, 2.05) is 56.3 Å². The van der Waals surface area contributed by atoms with Gasteiger partial charge in [0, 0.05) is 18.6 Å². The summed E-state index contributed by atoms with van der Waals surface area (Å²) < 4.78 is 0. The maximum Gasteiger partial charge on any atom is 0.348 e. The SMILES string of the molecule is CCCO.C[C@H](/C=C/c1ccccc1)[C@@H](O)C/C=C/C(=O)ON. The normalized spacial score (nSPS) is 13.4. The molecule has 1 rings (SSSR count). The van der Waals surface area contributed by atoms with Crippen molar-refractivity contribution in [3.63, 3.8) is 0 Å². The van der Waals surface area contributed by atoms with Crippen LogP contribution in [0.2, 0.25) is 0 Å². The summed E-state index contributed by atoms with van der Waals surface area (Å²) in [4.78, 5) is 14.7. The van der Waals surface area contributed by atoms with Gasteiger partial charge >= 0.3 is 5.97 Å². The van der Waals surface area contributed by atoms with E-state index in [-0.39, 0.29) is 5.92 Å². The van der Waals surface area contributed by atoms with Gasteiger partial charge in [0.05, 0.1) is 6.10 Å². The number of hydrogen-bond acceptors (Lipinski definition) is 5. The van der Waals surface area contributed by atoms with Gasteiger partial charge in [-0.05, 0) is 18.4 Å². The minimum atomic E-state index is -0.625. The maximum absolute atomic E-state index is 10.7. The Hall–Kier alpha value is -1.95. The van der Waals surface area contributed by atoms with E-state index in [0.29, 0.717) is 13.0 Å². The molecule has 0 spiro atoms. The smallest absolute Gasteiger partial charge is 0.348 e. The van der Waals surface area contributed by atoms with Crippen LogP contribution in [0.25, 0.3) is 6.08 Å². The third-order valence-electron chi connectivity index (χ3n) is 2.97. The first-order chi connectivity index (χ1) is 11.0. The quantitative estimate of drug-likeness (QED) is 0.530. The van der Waals surface area contributed by atoms with Crippen molar-refractivity contribution < 1.29 is 19.8 Å². The topological polar surface area (TPSA) is 92.8 Å². The molecule has 0 saturated carbocycles. The zero-order valence-corrected chi connectivity index (χ0v) is 13.8. The van der Waals surface area contributed by atoms with Gasteiger partial charge in [-0.1, -0.05) is 62.4 Å². The Bertz CT molecular complexity index is 469. The molecule has 0 aliphatic carbocycles. The van der Waals surface area contributed by atoms with Crippen LogP contribution in [0.4, 0.5) is 0 Å². The van der Waals surface area contributed by atoms with Crippen molar-refractivity contribution in [2.75, 3.05) is 6.61 Å². The van der Waals surface area contributed by atoms with E-state index in [4.69, 9.17) is 5.11 Å². The lowest BCUT2D eigenvalue weighted by atomic mass is 10.00. The van der Waals surface area contributed by atoms with Crippen LogP contribution in [-0.2, 0) is 9.63 Å². The molecule has 2 atom stereocenters. The van der Waals surface area contributed by atoms with Crippen LogP contribution in [0, 0.1) is 5.92 Å². The van der Waals surface area contributed by atoms with E-state index >= 15 is 0 Å². The molecule has 4 N–H and O–H groups in total. The average Bonchev–Trinajstić information content (AvgIpc) is 2.60. The highest BCUT2D eigenvalue weighted by Gasteiger charge is 2.09. The average molecular weight is 321 g/mol. The van der Waals surface area contributed by atoms with Crippen LogP contribution in [0.3, 0.4) is 0 Å². The molecule has 0 radical (unpaired) electrons. The summed E-state index contributed by atoms with van der Waals surface area (Å²) in [5.74, 6) is 4.05. The summed E-state index contributed by atoms with van der Waals surface area (Å²) in [7, 11) is 0. The van der Waals surface area contributed by atoms with Gasteiger partial charge < -0.3 is 15.1 Å². The summed E-state index contributed by atoms with van der Waals surface area (Å²) in [5, 5.41) is 17.8. The molecule has 0 aliphatic heterocycles. The molecule has 128 valence electrons. The first-order valence-electron chi connectivity index (χ1n) is 7.64. The second-order valence-electron chi connectivity index (χ2n) is 4.99. The zero-order chi connectivity index (χ0) is 17.5. The second kappa shape index (κ2) is 13.7. The van der Waals surface area contributed by atoms with E-state index < -0.39 is 12.1 Å². The molecule has 0 fully saturated rings. The summed E-state index contributed by atoms with van der Waals surface area (Å²) in [5.41, 5.74) is 1.09. The molecule has 1 aromatic carbocycles. The number of aliphatic hydroxyl groups is 2. The Morgan fingerprint density at radius 2 is 1.96 bits per heavy atom. The molecular weight excluding hydrogens is 294 g/mol. The van der Waals surface area contributed by atoms with Crippen LogP contribution in [0.5, 0.6) is 0 Å². The second-order valence-corrected chi connectivity index (χ2v) is 4.99. The molecule has 0 heterocycles. The van der Waals surface area contributed by atoms with E-state index in [9.17, 15) is 9.90 Å². The van der Waals surface area contributed by atoms with E-state index in [2.05, 4.69) is 10.7 Å². The Balaban J connectivity index is 0.00000108. The predicted molar refractivity (Wildman–Crippen MR) is 92.1 cm³/mol. The van der Waals surface area contributed by atoms with Gasteiger partial charge in [-0.25, -0.2) is 4.79 Å². The van der Waals surface area contributed by atoms with Gasteiger partial charge in [-0.2, -0.15) is 5.90 Å². The van der Waals surface area contributed by atoms with E-state index in [0.717, 1.165) is 12.0 Å². The summed E-state index contributed by atoms with van der Waals surface area (Å²) >= 11 is 0. The van der Waals surface area contributed by atoms with Gasteiger partial charge in [0.15, 0.2) is 0 Å². The standard InChI is InChI=1S/C15H19NO3.C3H8O/c1-12(10-11-13-6-3-2-4-7-13)14(17)8-5-9-15(18)19-16;1-2-3-4/h2-7,9-12,14,17H,8,16H2,1H3;4H,2-3H2,1H3/b9-5+,11-10+;/t12-,14+;/m1./s1. The van der Waals surface area contributed by atoms with E-state index in [1.54, 1.807) is 6.08 Å². The van der Waals surface area contributed by atoms with Gasteiger partial charge in [-0.15, -0.1) is 0 Å². The zero-order valence-electron chi connectivity index (χ0n) is 13.8. The minimum Gasteiger partial charge on any atom is -0.396 e. The van der Waals surface area contributed by atoms with Crippen LogP contribution in [0.1, 0.15) is 32.3 Å². The third-order valence-corrected chi connectivity index (χ3v) is 2.97. The Labute approximate surface area is 138 Å². The number of nitrogens with two attached hydrogens (primary N) is 1. The fraction of sp³-hybridized carbons (Fsp3) is 0.389. The summed E-state index contributed by atoms with van der Waals surface area (Å²) in [6.45, 7) is 4.17. The number of hydrogen-bond donors (Lipinski definition) is 3. The number of rotatable bonds is 7. The predicted octanol–water partition coefficient (Wildman–Crippen LogP) is 2.45. The minimum absolute atomic E-state index is 0.0150. The monoisotopic (exact) mass is 321 g/mol. The summed E-state index contributed by atoms with van der Waals surface area (Å²) in [6.07, 6.45) is 7.35. The molecule has 5 heteroatoms. The maximum atomic E-state index is 10.7. The van der Waals surface area contributed by atoms with Crippen molar-refractivity contribution in [2.45, 2.75) is 32.8 Å². The van der Waals surface area contributed by atoms with Gasteiger partial charge in [0.25, 0.3) is 0 Å². The largest absolute Gasteiger partial charge is 0.396 e. The highest BCUT2D eigenvalue weighted by Crippen LogP contribution is 2.12. The fourth-order valence-electron chi connectivity index (χ4n) is 1.51. The van der Waals surface area contributed by atoms with Crippen molar-refractivity contribution in [3.05, 3.63) is 54.1 Å². The molecule has 0 bridgehead atoms. The first kappa shape index (κ1) is 21.0. The van der Waals surface area contributed by atoms with Crippen molar-refractivity contribution in [1.82, 2.24) is 0 Å². The number of carbonyl (C=O) groups excluding carboxylic acids is 1. The molecular formula is C18H27NO4. The molecule has 0 saturated heterocycles. The summed E-state index contributed by atoms with van der Waals surface area (Å²) in [6, 6.07) is 9.86. The van der Waals surface area contributed by atoms with Crippen molar-refractivity contribution in [1.29, 1.82) is 0 Å². The molecule has 23 heavy (non-hydrogen) atoms. The van der Waals surface area contributed by atoms with Crippen LogP contribution >= 0.6 is 0 Å².